The summed E-state index contributed by atoms with van der Waals surface area (Å²) in [5.41, 5.74) is 1.54. The van der Waals surface area contributed by atoms with Crippen molar-refractivity contribution in [3.05, 3.63) is 59.4 Å². The second kappa shape index (κ2) is 9.11. The molecule has 0 N–H and O–H groups in total. The second-order valence-corrected chi connectivity index (χ2v) is 6.19. The lowest BCUT2D eigenvalue weighted by molar-refractivity contribution is -0.139. The van der Waals surface area contributed by atoms with Crippen LogP contribution >= 0.6 is 0 Å². The molecule has 132 valence electrons. The zero-order valence-corrected chi connectivity index (χ0v) is 15.1. The van der Waals surface area contributed by atoms with E-state index in [-0.39, 0.29) is 17.7 Å². The molecule has 25 heavy (non-hydrogen) atoms. The third-order valence-corrected chi connectivity index (χ3v) is 4.17. The van der Waals surface area contributed by atoms with Gasteiger partial charge >= 0.3 is 5.97 Å². The van der Waals surface area contributed by atoms with E-state index in [0.29, 0.717) is 17.0 Å². The molecule has 0 amide bonds. The minimum atomic E-state index is -0.262. The number of benzene rings is 1. The van der Waals surface area contributed by atoms with E-state index in [1.54, 1.807) is 36.5 Å². The van der Waals surface area contributed by atoms with Crippen molar-refractivity contribution in [3.63, 3.8) is 0 Å². The summed E-state index contributed by atoms with van der Waals surface area (Å²) in [6, 6.07) is 10.5. The van der Waals surface area contributed by atoms with Gasteiger partial charge in [-0.25, -0.2) is 0 Å². The van der Waals surface area contributed by atoms with Crippen LogP contribution in [0.15, 0.2) is 42.6 Å². The number of aryl methyl sites for hydroxylation is 1. The molecule has 0 fully saturated rings. The lowest BCUT2D eigenvalue weighted by Crippen LogP contribution is -2.21. The first kappa shape index (κ1) is 18.8. The molecule has 0 radical (unpaired) electrons. The van der Waals surface area contributed by atoms with Gasteiger partial charge in [-0.05, 0) is 43.5 Å². The third-order valence-electron chi connectivity index (χ3n) is 4.17. The summed E-state index contributed by atoms with van der Waals surface area (Å²) in [5, 5.41) is 0. The number of aromatic nitrogens is 1. The highest BCUT2D eigenvalue weighted by molar-refractivity contribution is 6.10. The Balaban J connectivity index is 2.27. The van der Waals surface area contributed by atoms with Crippen molar-refractivity contribution in [1.82, 2.24) is 4.98 Å². The van der Waals surface area contributed by atoms with Crippen molar-refractivity contribution in [2.75, 3.05) is 0 Å². The van der Waals surface area contributed by atoms with Gasteiger partial charge in [0.05, 0.1) is 11.5 Å². The lowest BCUT2D eigenvalue weighted by atomic mass is 9.98. The fourth-order valence-corrected chi connectivity index (χ4v) is 2.86. The van der Waals surface area contributed by atoms with Crippen LogP contribution in [-0.4, -0.2) is 16.7 Å². The van der Waals surface area contributed by atoms with E-state index >= 15 is 0 Å². The Bertz CT molecular complexity index is 733. The Morgan fingerprint density at radius 2 is 1.72 bits per heavy atom. The topological polar surface area (TPSA) is 56.3 Å². The van der Waals surface area contributed by atoms with E-state index in [9.17, 15) is 9.59 Å². The van der Waals surface area contributed by atoms with Crippen molar-refractivity contribution in [3.8, 4) is 5.75 Å². The van der Waals surface area contributed by atoms with Gasteiger partial charge in [0.1, 0.15) is 11.4 Å². The van der Waals surface area contributed by atoms with Gasteiger partial charge in [0.25, 0.3) is 0 Å². The van der Waals surface area contributed by atoms with Gasteiger partial charge in [0.15, 0.2) is 0 Å². The molecule has 0 saturated carbocycles. The maximum absolute atomic E-state index is 12.8. The first-order valence-corrected chi connectivity index (χ1v) is 8.85. The molecule has 0 unspecified atom stereocenters. The standard InChI is InChI=1S/C21H25NO3/c1-4-9-16(10-5-2)21(24)25-18-13-7-6-12-17(18)20(23)19-15(3)11-8-14-22-19/h6-8,11-14,16H,4-5,9-10H2,1-3H3. The highest BCUT2D eigenvalue weighted by Gasteiger charge is 2.23. The summed E-state index contributed by atoms with van der Waals surface area (Å²) in [7, 11) is 0. The summed E-state index contributed by atoms with van der Waals surface area (Å²) in [6.45, 7) is 5.95. The van der Waals surface area contributed by atoms with Crippen LogP contribution < -0.4 is 4.74 Å². The van der Waals surface area contributed by atoms with Gasteiger partial charge < -0.3 is 4.74 Å². The van der Waals surface area contributed by atoms with E-state index in [0.717, 1.165) is 31.2 Å². The quantitative estimate of drug-likeness (QED) is 0.396. The number of nitrogens with zero attached hydrogens (tertiary/aromatic N) is 1. The zero-order valence-electron chi connectivity index (χ0n) is 15.1. The molecule has 4 heteroatoms. The summed E-state index contributed by atoms with van der Waals surface area (Å²) >= 11 is 0. The van der Waals surface area contributed by atoms with Gasteiger partial charge in [-0.2, -0.15) is 0 Å². The number of rotatable bonds is 8. The monoisotopic (exact) mass is 339 g/mol. The van der Waals surface area contributed by atoms with Crippen LogP contribution in [0.2, 0.25) is 0 Å². The SMILES string of the molecule is CCCC(CCC)C(=O)Oc1ccccc1C(=O)c1ncccc1C. The van der Waals surface area contributed by atoms with Crippen LogP contribution in [-0.2, 0) is 4.79 Å². The summed E-state index contributed by atoms with van der Waals surface area (Å²) < 4.78 is 5.61. The first-order chi connectivity index (χ1) is 12.1. The van der Waals surface area contributed by atoms with E-state index in [1.807, 2.05) is 13.0 Å². The van der Waals surface area contributed by atoms with Crippen molar-refractivity contribution in [2.24, 2.45) is 5.92 Å². The Morgan fingerprint density at radius 3 is 2.36 bits per heavy atom. The number of ketones is 1. The molecule has 1 aromatic heterocycles. The number of para-hydroxylation sites is 1. The molecule has 4 nitrogen and oxygen atoms in total. The Labute approximate surface area is 149 Å². The van der Waals surface area contributed by atoms with Gasteiger partial charge in [-0.3, -0.25) is 14.6 Å². The molecule has 2 rings (SSSR count). The third kappa shape index (κ3) is 4.75. The zero-order chi connectivity index (χ0) is 18.2. The number of hydrogen-bond donors (Lipinski definition) is 0. The predicted molar refractivity (Wildman–Crippen MR) is 97.8 cm³/mol. The molecule has 0 bridgehead atoms. The van der Waals surface area contributed by atoms with Crippen molar-refractivity contribution < 1.29 is 14.3 Å². The first-order valence-electron chi connectivity index (χ1n) is 8.85. The average molecular weight is 339 g/mol. The number of ether oxygens (including phenoxy) is 1. The van der Waals surface area contributed by atoms with Gasteiger partial charge in [0, 0.05) is 6.20 Å². The van der Waals surface area contributed by atoms with Crippen molar-refractivity contribution >= 4 is 11.8 Å². The van der Waals surface area contributed by atoms with Crippen LogP contribution in [0.25, 0.3) is 0 Å². The number of hydrogen-bond acceptors (Lipinski definition) is 4. The average Bonchev–Trinajstić information content (AvgIpc) is 2.62. The summed E-state index contributed by atoms with van der Waals surface area (Å²) in [6.07, 6.45) is 5.03. The molecular weight excluding hydrogens is 314 g/mol. The molecule has 0 aliphatic rings. The maximum atomic E-state index is 12.8. The molecule has 1 aromatic carbocycles. The van der Waals surface area contributed by atoms with Crippen molar-refractivity contribution in [2.45, 2.75) is 46.5 Å². The van der Waals surface area contributed by atoms with Crippen LogP contribution in [0, 0.1) is 12.8 Å². The Morgan fingerprint density at radius 1 is 1.04 bits per heavy atom. The lowest BCUT2D eigenvalue weighted by Gasteiger charge is -2.16. The fraction of sp³-hybridized carbons (Fsp3) is 0.381. The highest BCUT2D eigenvalue weighted by atomic mass is 16.5. The molecule has 0 spiro atoms. The van der Waals surface area contributed by atoms with Gasteiger partial charge in [-0.1, -0.05) is 44.9 Å². The van der Waals surface area contributed by atoms with E-state index in [2.05, 4.69) is 18.8 Å². The van der Waals surface area contributed by atoms with E-state index in [1.165, 1.54) is 0 Å². The Kier molecular flexibility index (Phi) is 6.87. The van der Waals surface area contributed by atoms with Gasteiger partial charge in [-0.15, -0.1) is 0 Å². The summed E-state index contributed by atoms with van der Waals surface area (Å²) in [5.74, 6) is -0.319. The molecular formula is C21H25NO3. The summed E-state index contributed by atoms with van der Waals surface area (Å²) in [4.78, 5) is 29.5. The molecule has 0 aliphatic carbocycles. The van der Waals surface area contributed by atoms with Crippen LogP contribution in [0.4, 0.5) is 0 Å². The minimum absolute atomic E-state index is 0.130. The molecule has 0 aliphatic heterocycles. The van der Waals surface area contributed by atoms with Crippen LogP contribution in [0.5, 0.6) is 5.75 Å². The largest absolute Gasteiger partial charge is 0.426 e. The van der Waals surface area contributed by atoms with E-state index in [4.69, 9.17) is 4.74 Å². The highest BCUT2D eigenvalue weighted by Crippen LogP contribution is 2.24. The Hall–Kier alpha value is -2.49. The number of esters is 1. The minimum Gasteiger partial charge on any atom is -0.426 e. The number of carbonyl (C=O) groups excluding carboxylic acids is 2. The molecule has 1 heterocycles. The number of carbonyl (C=O) groups is 2. The van der Waals surface area contributed by atoms with Gasteiger partial charge in [0.2, 0.25) is 5.78 Å². The van der Waals surface area contributed by atoms with Crippen LogP contribution in [0.1, 0.15) is 61.1 Å². The predicted octanol–water partition coefficient (Wildman–Crippen LogP) is 4.74. The second-order valence-electron chi connectivity index (χ2n) is 6.19. The normalized spacial score (nSPS) is 10.7. The maximum Gasteiger partial charge on any atom is 0.314 e. The van der Waals surface area contributed by atoms with Crippen molar-refractivity contribution in [1.29, 1.82) is 0 Å². The van der Waals surface area contributed by atoms with E-state index < -0.39 is 0 Å². The molecule has 0 saturated heterocycles. The van der Waals surface area contributed by atoms with Crippen LogP contribution in [0.3, 0.4) is 0 Å². The molecule has 0 atom stereocenters. The number of pyridine rings is 1. The smallest absolute Gasteiger partial charge is 0.314 e. The fourth-order valence-electron chi connectivity index (χ4n) is 2.86. The molecule has 2 aromatic rings.